The summed E-state index contributed by atoms with van der Waals surface area (Å²) in [6, 6.07) is 23.6. The van der Waals surface area contributed by atoms with Gasteiger partial charge in [-0.2, -0.15) is 0 Å². The molecule has 0 N–H and O–H groups in total. The molecule has 2 aliphatic carbocycles. The molecule has 1 fully saturated rings. The molecule has 0 spiro atoms. The van der Waals surface area contributed by atoms with Gasteiger partial charge in [0.2, 0.25) is 0 Å². The molecule has 1 nitrogen and oxygen atoms in total. The van der Waals surface area contributed by atoms with E-state index in [1.807, 2.05) is 60.0 Å². The van der Waals surface area contributed by atoms with E-state index < -0.39 is 0 Å². The number of benzene rings is 2. The maximum Gasteiger partial charge on any atom is 0.0300 e. The standard InChI is InChI=1S/C13H18.C11H16.C10H15N.C10H20.3C2H6.CH4/c1-13(2,3)12-9-8-10-6-4-5-7-11(10)12;1-11(2,3)9-10-7-5-4-6-8-10;1-10(2,3)7-9-5-4-6-11-8-9;1-10(2,3)9-7-5-4-6-8-9;3*1-2;/h4-7,12H,8-9H2,1-3H3;4-8H,9H2,1-3H3;4-6,8H,7H2,1-3H3;9H,4-8H2,1-3H3;3*1-2H3;1H4. The van der Waals surface area contributed by atoms with Gasteiger partial charge in [-0.1, -0.05) is 212 Å². The smallest absolute Gasteiger partial charge is 0.0300 e. The largest absolute Gasteiger partial charge is 0.264 e. The van der Waals surface area contributed by atoms with Crippen LogP contribution in [-0.4, -0.2) is 4.98 Å². The molecule has 0 bridgehead atoms. The summed E-state index contributed by atoms with van der Waals surface area (Å²) in [6.07, 6.45) is 16.0. The van der Waals surface area contributed by atoms with Crippen LogP contribution in [0.3, 0.4) is 0 Å². The van der Waals surface area contributed by atoms with Gasteiger partial charge in [0.05, 0.1) is 0 Å². The van der Waals surface area contributed by atoms with E-state index in [-0.39, 0.29) is 7.43 Å². The lowest BCUT2D eigenvalue weighted by Crippen LogP contribution is -2.22. The number of hydrogen-bond acceptors (Lipinski definition) is 1. The van der Waals surface area contributed by atoms with Gasteiger partial charge in [0.1, 0.15) is 0 Å². The zero-order valence-corrected chi connectivity index (χ0v) is 37.5. The molecule has 1 heteroatoms. The number of aryl methyl sites for hydroxylation is 1. The average Bonchev–Trinajstić information content (AvgIpc) is 3.53. The van der Waals surface area contributed by atoms with Gasteiger partial charge in [-0.15, -0.1) is 0 Å². The van der Waals surface area contributed by atoms with E-state index in [2.05, 4.69) is 149 Å². The van der Waals surface area contributed by atoms with Gasteiger partial charge in [-0.3, -0.25) is 4.98 Å². The molecule has 2 aromatic carbocycles. The predicted octanol–water partition coefficient (Wildman–Crippen LogP) is 17.0. The minimum Gasteiger partial charge on any atom is -0.264 e. The molecule has 52 heavy (non-hydrogen) atoms. The molecule has 5 rings (SSSR count). The Labute approximate surface area is 328 Å². The summed E-state index contributed by atoms with van der Waals surface area (Å²) < 4.78 is 0. The summed E-state index contributed by atoms with van der Waals surface area (Å²) in [5.41, 5.74) is 7.68. The fraction of sp³-hybridized carbons (Fsp3) is 0.667. The lowest BCUT2D eigenvalue weighted by Gasteiger charge is -2.33. The van der Waals surface area contributed by atoms with E-state index in [0.29, 0.717) is 21.7 Å². The summed E-state index contributed by atoms with van der Waals surface area (Å²) in [5.74, 6) is 1.77. The van der Waals surface area contributed by atoms with Crippen molar-refractivity contribution in [1.82, 2.24) is 4.98 Å². The van der Waals surface area contributed by atoms with Crippen molar-refractivity contribution in [2.24, 2.45) is 27.6 Å². The van der Waals surface area contributed by atoms with E-state index in [1.165, 1.54) is 56.1 Å². The van der Waals surface area contributed by atoms with Crippen molar-refractivity contribution >= 4 is 0 Å². The highest BCUT2D eigenvalue weighted by Crippen LogP contribution is 2.44. The van der Waals surface area contributed by atoms with Crippen molar-refractivity contribution < 1.29 is 0 Å². The van der Waals surface area contributed by atoms with Gasteiger partial charge in [-0.05, 0) is 100 Å². The molecule has 3 aromatic rings. The van der Waals surface area contributed by atoms with Gasteiger partial charge in [0.15, 0.2) is 0 Å². The Hall–Kier alpha value is -2.41. The second-order valence-corrected chi connectivity index (χ2v) is 18.2. The molecular formula is C51H91N. The fourth-order valence-electron chi connectivity index (χ4n) is 6.75. The second kappa shape index (κ2) is 28.1. The highest BCUT2D eigenvalue weighted by atomic mass is 14.6. The molecule has 0 saturated heterocycles. The number of pyridine rings is 1. The Morgan fingerprint density at radius 3 is 1.40 bits per heavy atom. The first-order valence-corrected chi connectivity index (χ1v) is 20.9. The Kier molecular flexibility index (Phi) is 29.1. The lowest BCUT2D eigenvalue weighted by molar-refractivity contribution is 0.180. The number of rotatable bonds is 2. The maximum absolute atomic E-state index is 4.07. The topological polar surface area (TPSA) is 12.9 Å². The van der Waals surface area contributed by atoms with Crippen molar-refractivity contribution in [3.05, 3.63) is 101 Å². The third-order valence-corrected chi connectivity index (χ3v) is 9.04. The van der Waals surface area contributed by atoms with Crippen molar-refractivity contribution in [2.75, 3.05) is 0 Å². The van der Waals surface area contributed by atoms with Crippen LogP contribution < -0.4 is 0 Å². The van der Waals surface area contributed by atoms with Crippen LogP contribution in [-0.2, 0) is 19.3 Å². The van der Waals surface area contributed by atoms with Crippen molar-refractivity contribution in [3.8, 4) is 0 Å². The van der Waals surface area contributed by atoms with Crippen molar-refractivity contribution in [1.29, 1.82) is 0 Å². The average molecular weight is 718 g/mol. The van der Waals surface area contributed by atoms with Crippen molar-refractivity contribution in [3.63, 3.8) is 0 Å². The molecule has 0 amide bonds. The number of fused-ring (bicyclic) bond motifs is 1. The van der Waals surface area contributed by atoms with E-state index >= 15 is 0 Å². The number of hydrogen-bond donors (Lipinski definition) is 0. The third kappa shape index (κ3) is 25.5. The zero-order chi connectivity index (χ0) is 39.7. The van der Waals surface area contributed by atoms with Crippen LogP contribution in [0.25, 0.3) is 0 Å². The first kappa shape index (κ1) is 53.9. The Balaban J connectivity index is -0.000000585. The van der Waals surface area contributed by atoms with Gasteiger partial charge in [-0.25, -0.2) is 0 Å². The summed E-state index contributed by atoms with van der Waals surface area (Å²) in [5, 5.41) is 0. The highest BCUT2D eigenvalue weighted by Gasteiger charge is 2.31. The molecule has 1 saturated carbocycles. The predicted molar refractivity (Wildman–Crippen MR) is 241 cm³/mol. The van der Waals surface area contributed by atoms with E-state index in [0.717, 1.165) is 24.7 Å². The maximum atomic E-state index is 4.07. The van der Waals surface area contributed by atoms with Gasteiger partial charge in [0.25, 0.3) is 0 Å². The van der Waals surface area contributed by atoms with Crippen LogP contribution in [0.4, 0.5) is 0 Å². The number of aromatic nitrogens is 1. The Bertz CT molecular complexity index is 1140. The Morgan fingerprint density at radius 2 is 0.981 bits per heavy atom. The normalized spacial score (nSPS) is 15.1. The zero-order valence-electron chi connectivity index (χ0n) is 37.5. The molecule has 0 radical (unpaired) electrons. The first-order chi connectivity index (χ1) is 23.9. The van der Waals surface area contributed by atoms with E-state index in [4.69, 9.17) is 0 Å². The highest BCUT2D eigenvalue weighted by molar-refractivity contribution is 5.36. The van der Waals surface area contributed by atoms with E-state index in [9.17, 15) is 0 Å². The molecule has 1 aromatic heterocycles. The van der Waals surface area contributed by atoms with Crippen LogP contribution in [0.2, 0.25) is 0 Å². The van der Waals surface area contributed by atoms with Gasteiger partial charge in [0, 0.05) is 12.4 Å². The van der Waals surface area contributed by atoms with Gasteiger partial charge < -0.3 is 0 Å². The van der Waals surface area contributed by atoms with Crippen LogP contribution in [0, 0.1) is 27.6 Å². The van der Waals surface area contributed by atoms with Crippen LogP contribution in [0.5, 0.6) is 0 Å². The second-order valence-electron chi connectivity index (χ2n) is 18.2. The summed E-state index contributed by atoms with van der Waals surface area (Å²) in [4.78, 5) is 4.07. The molecule has 2 aliphatic rings. The summed E-state index contributed by atoms with van der Waals surface area (Å²) >= 11 is 0. The van der Waals surface area contributed by atoms with Crippen LogP contribution in [0.1, 0.15) is 199 Å². The SMILES string of the molecule is C.CC.CC.CC.CC(C)(C)C1CCCCC1.CC(C)(C)C1CCc2ccccc21.CC(C)(C)Cc1ccccc1.CC(C)(C)Cc1cccnc1. The lowest BCUT2D eigenvalue weighted by atomic mass is 9.72. The molecular weight excluding hydrogens is 627 g/mol. The number of nitrogens with zero attached hydrogens (tertiary/aromatic N) is 1. The summed E-state index contributed by atoms with van der Waals surface area (Å²) in [6.45, 7) is 39.7. The third-order valence-electron chi connectivity index (χ3n) is 9.04. The minimum atomic E-state index is 0. The molecule has 300 valence electrons. The molecule has 1 heterocycles. The summed E-state index contributed by atoms with van der Waals surface area (Å²) in [7, 11) is 0. The quantitative estimate of drug-likeness (QED) is 0.257. The van der Waals surface area contributed by atoms with Crippen LogP contribution in [0.15, 0.2) is 79.1 Å². The van der Waals surface area contributed by atoms with E-state index in [1.54, 1.807) is 11.1 Å². The van der Waals surface area contributed by atoms with Crippen molar-refractivity contribution in [2.45, 2.75) is 196 Å². The minimum absolute atomic E-state index is 0. The Morgan fingerprint density at radius 1 is 0.519 bits per heavy atom. The van der Waals surface area contributed by atoms with Crippen LogP contribution >= 0.6 is 0 Å². The molecule has 0 aliphatic heterocycles. The first-order valence-electron chi connectivity index (χ1n) is 20.9. The van der Waals surface area contributed by atoms with Gasteiger partial charge >= 0.3 is 0 Å². The molecule has 1 unspecified atom stereocenters. The molecule has 1 atom stereocenters. The fourth-order valence-corrected chi connectivity index (χ4v) is 6.75. The monoisotopic (exact) mass is 718 g/mol.